The van der Waals surface area contributed by atoms with Crippen molar-refractivity contribution < 1.29 is 24.0 Å². The van der Waals surface area contributed by atoms with Crippen molar-refractivity contribution >= 4 is 35.4 Å². The standard InChI is InChI=1S/C20H16ClN5O6/c1-31-18-8-13(6-7-17(18)32-20(28)15-4-2-3-5-16(15)21)9-22-24-19(27)12-25-11-14(10-23-25)26(29)30/h2-11H,12H2,1H3,(H,24,27). The van der Waals surface area contributed by atoms with E-state index in [1.54, 1.807) is 36.4 Å². The second-order valence-corrected chi connectivity index (χ2v) is 6.63. The van der Waals surface area contributed by atoms with Crippen LogP contribution in [0.1, 0.15) is 15.9 Å². The molecule has 2 aromatic carbocycles. The SMILES string of the molecule is COc1cc(C=NNC(=O)Cn2cc([N+](=O)[O-])cn2)ccc1OC(=O)c1ccccc1Cl. The fourth-order valence-electron chi connectivity index (χ4n) is 2.53. The van der Waals surface area contributed by atoms with E-state index in [0.29, 0.717) is 5.56 Å². The predicted octanol–water partition coefficient (Wildman–Crippen LogP) is 2.82. The van der Waals surface area contributed by atoms with Crippen molar-refractivity contribution in [1.82, 2.24) is 15.2 Å². The summed E-state index contributed by atoms with van der Waals surface area (Å²) in [7, 11) is 1.41. The number of benzene rings is 2. The zero-order chi connectivity index (χ0) is 23.1. The van der Waals surface area contributed by atoms with Crippen LogP contribution in [0.3, 0.4) is 0 Å². The van der Waals surface area contributed by atoms with Crippen LogP contribution in [0.2, 0.25) is 5.02 Å². The van der Waals surface area contributed by atoms with E-state index in [-0.39, 0.29) is 34.3 Å². The molecule has 164 valence electrons. The van der Waals surface area contributed by atoms with Gasteiger partial charge < -0.3 is 9.47 Å². The molecule has 0 aliphatic rings. The molecular formula is C20H16ClN5O6. The lowest BCUT2D eigenvalue weighted by molar-refractivity contribution is -0.385. The van der Waals surface area contributed by atoms with Crippen molar-refractivity contribution in [3.63, 3.8) is 0 Å². The van der Waals surface area contributed by atoms with Gasteiger partial charge in [0, 0.05) is 0 Å². The monoisotopic (exact) mass is 457 g/mol. The van der Waals surface area contributed by atoms with Crippen LogP contribution in [-0.4, -0.2) is 39.9 Å². The molecule has 1 N–H and O–H groups in total. The zero-order valence-corrected chi connectivity index (χ0v) is 17.4. The number of carbonyl (C=O) groups excluding carboxylic acids is 2. The molecule has 0 bridgehead atoms. The van der Waals surface area contributed by atoms with Crippen molar-refractivity contribution in [2.45, 2.75) is 6.54 Å². The molecule has 11 nitrogen and oxygen atoms in total. The van der Waals surface area contributed by atoms with Crippen LogP contribution in [0.25, 0.3) is 0 Å². The predicted molar refractivity (Wildman–Crippen MR) is 114 cm³/mol. The van der Waals surface area contributed by atoms with Crippen LogP contribution < -0.4 is 14.9 Å². The Morgan fingerprint density at radius 2 is 2.06 bits per heavy atom. The lowest BCUT2D eigenvalue weighted by Crippen LogP contribution is -2.23. The third-order valence-electron chi connectivity index (χ3n) is 4.02. The summed E-state index contributed by atoms with van der Waals surface area (Å²) in [6, 6.07) is 11.2. The number of rotatable bonds is 8. The van der Waals surface area contributed by atoms with Crippen LogP contribution in [-0.2, 0) is 11.3 Å². The topological polar surface area (TPSA) is 138 Å². The molecule has 1 heterocycles. The molecule has 0 spiro atoms. The summed E-state index contributed by atoms with van der Waals surface area (Å²) in [4.78, 5) is 34.3. The van der Waals surface area contributed by atoms with Crippen LogP contribution >= 0.6 is 11.6 Å². The Morgan fingerprint density at radius 3 is 2.75 bits per heavy atom. The number of nitrogens with zero attached hydrogens (tertiary/aromatic N) is 4. The minimum absolute atomic E-state index is 0.180. The fraction of sp³-hybridized carbons (Fsp3) is 0.100. The number of esters is 1. The van der Waals surface area contributed by atoms with E-state index in [4.69, 9.17) is 21.1 Å². The van der Waals surface area contributed by atoms with Gasteiger partial charge in [0.25, 0.3) is 5.91 Å². The third kappa shape index (κ3) is 5.67. The van der Waals surface area contributed by atoms with Gasteiger partial charge in [0.2, 0.25) is 0 Å². The number of ether oxygens (including phenoxy) is 2. The van der Waals surface area contributed by atoms with Gasteiger partial charge in [-0.3, -0.25) is 19.6 Å². The minimum atomic E-state index is -0.638. The number of hydrogen-bond acceptors (Lipinski definition) is 8. The molecule has 0 atom stereocenters. The van der Waals surface area contributed by atoms with Gasteiger partial charge in [0.1, 0.15) is 18.9 Å². The second kappa shape index (κ2) is 10.2. The molecule has 0 unspecified atom stereocenters. The molecule has 32 heavy (non-hydrogen) atoms. The van der Waals surface area contributed by atoms with Crippen LogP contribution in [0, 0.1) is 10.1 Å². The fourth-order valence-corrected chi connectivity index (χ4v) is 2.74. The average Bonchev–Trinajstić information content (AvgIpc) is 3.23. The molecule has 0 aliphatic carbocycles. The Kier molecular flexibility index (Phi) is 7.13. The van der Waals surface area contributed by atoms with Gasteiger partial charge in [0.15, 0.2) is 11.5 Å². The molecule has 0 fully saturated rings. The maximum absolute atomic E-state index is 12.3. The van der Waals surface area contributed by atoms with E-state index in [1.165, 1.54) is 19.4 Å². The summed E-state index contributed by atoms with van der Waals surface area (Å²) < 4.78 is 11.7. The van der Waals surface area contributed by atoms with E-state index >= 15 is 0 Å². The highest BCUT2D eigenvalue weighted by molar-refractivity contribution is 6.33. The van der Waals surface area contributed by atoms with Crippen LogP contribution in [0.15, 0.2) is 60.0 Å². The Morgan fingerprint density at radius 1 is 1.28 bits per heavy atom. The van der Waals surface area contributed by atoms with E-state index in [1.807, 2.05) is 0 Å². The number of methoxy groups -OCH3 is 1. The molecule has 1 amide bonds. The van der Waals surface area contributed by atoms with E-state index < -0.39 is 16.8 Å². The summed E-state index contributed by atoms with van der Waals surface area (Å²) in [6.45, 7) is -0.245. The van der Waals surface area contributed by atoms with Gasteiger partial charge in [-0.25, -0.2) is 10.2 Å². The highest BCUT2D eigenvalue weighted by atomic mass is 35.5. The lowest BCUT2D eigenvalue weighted by atomic mass is 10.2. The minimum Gasteiger partial charge on any atom is -0.493 e. The third-order valence-corrected chi connectivity index (χ3v) is 4.35. The normalized spacial score (nSPS) is 10.7. The number of aromatic nitrogens is 2. The summed E-state index contributed by atoms with van der Waals surface area (Å²) in [6.07, 6.45) is 3.53. The quantitative estimate of drug-likeness (QED) is 0.180. The van der Waals surface area contributed by atoms with Gasteiger partial charge >= 0.3 is 11.7 Å². The van der Waals surface area contributed by atoms with Crippen LogP contribution in [0.4, 0.5) is 5.69 Å². The van der Waals surface area contributed by atoms with E-state index in [0.717, 1.165) is 17.1 Å². The number of hydrogen-bond donors (Lipinski definition) is 1. The molecule has 1 aromatic heterocycles. The Labute approximate surface area is 186 Å². The first-order valence-corrected chi connectivity index (χ1v) is 9.38. The van der Waals surface area contributed by atoms with Gasteiger partial charge in [-0.2, -0.15) is 10.2 Å². The highest BCUT2D eigenvalue weighted by Crippen LogP contribution is 2.29. The molecule has 0 saturated carbocycles. The summed E-state index contributed by atoms with van der Waals surface area (Å²) in [5.41, 5.74) is 2.84. The Hall–Kier alpha value is -4.25. The summed E-state index contributed by atoms with van der Waals surface area (Å²) in [5.74, 6) is -0.721. The van der Waals surface area contributed by atoms with Gasteiger partial charge in [0.05, 0.1) is 28.8 Å². The van der Waals surface area contributed by atoms with Gasteiger partial charge in [-0.15, -0.1) is 0 Å². The van der Waals surface area contributed by atoms with Crippen LogP contribution in [0.5, 0.6) is 11.5 Å². The number of halogens is 1. The molecule has 12 heteroatoms. The maximum Gasteiger partial charge on any atom is 0.345 e. The Balaban J connectivity index is 1.61. The average molecular weight is 458 g/mol. The number of nitrogens with one attached hydrogen (secondary N) is 1. The Bertz CT molecular complexity index is 1190. The molecule has 3 aromatic rings. The van der Waals surface area contributed by atoms with Crippen molar-refractivity contribution in [2.24, 2.45) is 5.10 Å². The number of amides is 1. The van der Waals surface area contributed by atoms with Crippen molar-refractivity contribution in [3.8, 4) is 11.5 Å². The molecule has 0 radical (unpaired) electrons. The maximum atomic E-state index is 12.3. The molecule has 0 saturated heterocycles. The van der Waals surface area contributed by atoms with Crippen molar-refractivity contribution in [2.75, 3.05) is 7.11 Å². The highest BCUT2D eigenvalue weighted by Gasteiger charge is 2.15. The van der Waals surface area contributed by atoms with E-state index in [9.17, 15) is 19.7 Å². The molecule has 3 rings (SSSR count). The summed E-state index contributed by atoms with van der Waals surface area (Å²) >= 11 is 6.01. The summed E-state index contributed by atoms with van der Waals surface area (Å²) in [5, 5.41) is 18.4. The second-order valence-electron chi connectivity index (χ2n) is 6.23. The molecular weight excluding hydrogens is 442 g/mol. The smallest absolute Gasteiger partial charge is 0.345 e. The first-order valence-electron chi connectivity index (χ1n) is 9.01. The van der Waals surface area contributed by atoms with E-state index in [2.05, 4.69) is 15.6 Å². The largest absolute Gasteiger partial charge is 0.493 e. The molecule has 0 aliphatic heterocycles. The van der Waals surface area contributed by atoms with Crippen molar-refractivity contribution in [3.05, 3.63) is 81.1 Å². The number of hydrazone groups is 1. The first kappa shape index (κ1) is 22.4. The number of carbonyl (C=O) groups is 2. The van der Waals surface area contributed by atoms with Crippen molar-refractivity contribution in [1.29, 1.82) is 0 Å². The zero-order valence-electron chi connectivity index (χ0n) is 16.6. The first-order chi connectivity index (χ1) is 15.4. The lowest BCUT2D eigenvalue weighted by Gasteiger charge is -2.10. The number of nitro groups is 1. The van der Waals surface area contributed by atoms with Gasteiger partial charge in [-0.05, 0) is 35.9 Å². The van der Waals surface area contributed by atoms with Gasteiger partial charge in [-0.1, -0.05) is 23.7 Å².